The van der Waals surface area contributed by atoms with E-state index in [9.17, 15) is 9.59 Å². The quantitative estimate of drug-likeness (QED) is 0.732. The zero-order valence-corrected chi connectivity index (χ0v) is 11.9. The van der Waals surface area contributed by atoms with Gasteiger partial charge in [0.05, 0.1) is 6.54 Å². The molecule has 0 bridgehead atoms. The van der Waals surface area contributed by atoms with Gasteiger partial charge in [-0.1, -0.05) is 0 Å². The molecule has 0 unspecified atom stereocenters. The van der Waals surface area contributed by atoms with Crippen LogP contribution in [0.3, 0.4) is 0 Å². The number of amides is 2. The highest BCUT2D eigenvalue weighted by Crippen LogP contribution is 2.19. The van der Waals surface area contributed by atoms with Gasteiger partial charge >= 0.3 is 0 Å². The molecule has 0 saturated carbocycles. The summed E-state index contributed by atoms with van der Waals surface area (Å²) >= 11 is 3.25. The number of halogens is 1. The largest absolute Gasteiger partial charge is 0.398 e. The monoisotopic (exact) mass is 313 g/mol. The first kappa shape index (κ1) is 14.5. The summed E-state index contributed by atoms with van der Waals surface area (Å²) in [7, 11) is 0. The minimum Gasteiger partial charge on any atom is -0.398 e. The third-order valence-electron chi connectivity index (χ3n) is 2.12. The van der Waals surface area contributed by atoms with Crippen LogP contribution in [0.1, 0.15) is 24.2 Å². The number of anilines is 1. The average molecular weight is 314 g/mol. The second-order valence-electron chi connectivity index (χ2n) is 4.14. The van der Waals surface area contributed by atoms with Crippen molar-refractivity contribution in [3.05, 3.63) is 28.2 Å². The molecule has 0 aliphatic rings. The van der Waals surface area contributed by atoms with Crippen LogP contribution in [0.25, 0.3) is 0 Å². The fourth-order valence-electron chi connectivity index (χ4n) is 1.32. The predicted octanol–water partition coefficient (Wildman–Crippen LogP) is 1.29. The maximum absolute atomic E-state index is 11.7. The summed E-state index contributed by atoms with van der Waals surface area (Å²) in [6.45, 7) is 3.66. The smallest absolute Gasteiger partial charge is 0.251 e. The zero-order chi connectivity index (χ0) is 13.7. The van der Waals surface area contributed by atoms with Crippen molar-refractivity contribution < 1.29 is 9.59 Å². The van der Waals surface area contributed by atoms with Crippen molar-refractivity contribution in [3.8, 4) is 0 Å². The first-order valence-electron chi connectivity index (χ1n) is 5.52. The fourth-order valence-corrected chi connectivity index (χ4v) is 1.57. The number of carbonyl (C=O) groups excluding carboxylic acids is 2. The Kier molecular flexibility index (Phi) is 5.15. The summed E-state index contributed by atoms with van der Waals surface area (Å²) < 4.78 is 0.733. The summed E-state index contributed by atoms with van der Waals surface area (Å²) in [6.07, 6.45) is 0. The maximum Gasteiger partial charge on any atom is 0.251 e. The number of nitrogen functional groups attached to an aromatic ring is 1. The molecule has 1 rings (SSSR count). The van der Waals surface area contributed by atoms with Crippen molar-refractivity contribution in [1.82, 2.24) is 10.6 Å². The Balaban J connectivity index is 2.55. The van der Waals surface area contributed by atoms with Crippen LogP contribution in [0.2, 0.25) is 0 Å². The van der Waals surface area contributed by atoms with Crippen LogP contribution >= 0.6 is 15.9 Å². The highest BCUT2D eigenvalue weighted by Gasteiger charge is 2.09. The Morgan fingerprint density at radius 3 is 2.61 bits per heavy atom. The Labute approximate surface area is 114 Å². The Morgan fingerprint density at radius 2 is 2.06 bits per heavy atom. The van der Waals surface area contributed by atoms with Crippen LogP contribution in [-0.2, 0) is 4.79 Å². The van der Waals surface area contributed by atoms with Crippen LogP contribution in [0, 0.1) is 0 Å². The molecule has 0 aromatic heterocycles. The summed E-state index contributed by atoms with van der Waals surface area (Å²) in [5, 5.41) is 5.21. The molecule has 0 radical (unpaired) electrons. The molecular weight excluding hydrogens is 298 g/mol. The molecular formula is C12H16BrN3O2. The standard InChI is InChI=1S/C12H16BrN3O2/c1-7(2)16-11(17)6-15-12(18)8-3-4-9(13)10(14)5-8/h3-5,7H,6,14H2,1-2H3,(H,15,18)(H,16,17). The van der Waals surface area contributed by atoms with Gasteiger partial charge < -0.3 is 16.4 Å². The van der Waals surface area contributed by atoms with E-state index in [1.54, 1.807) is 18.2 Å². The number of carbonyl (C=O) groups is 2. The molecule has 0 aliphatic heterocycles. The molecule has 0 aliphatic carbocycles. The van der Waals surface area contributed by atoms with Crippen molar-refractivity contribution in [1.29, 1.82) is 0 Å². The lowest BCUT2D eigenvalue weighted by atomic mass is 10.2. The van der Waals surface area contributed by atoms with Crippen molar-refractivity contribution in [2.24, 2.45) is 0 Å². The number of hydrogen-bond donors (Lipinski definition) is 3. The third kappa shape index (κ3) is 4.37. The molecule has 98 valence electrons. The highest BCUT2D eigenvalue weighted by molar-refractivity contribution is 9.10. The van der Waals surface area contributed by atoms with Gasteiger partial charge in [0, 0.05) is 21.8 Å². The van der Waals surface area contributed by atoms with E-state index in [0.717, 1.165) is 4.47 Å². The first-order valence-corrected chi connectivity index (χ1v) is 6.32. The van der Waals surface area contributed by atoms with Crippen molar-refractivity contribution in [3.63, 3.8) is 0 Å². The molecule has 18 heavy (non-hydrogen) atoms. The van der Waals surface area contributed by atoms with E-state index in [2.05, 4.69) is 26.6 Å². The third-order valence-corrected chi connectivity index (χ3v) is 2.84. The molecule has 0 spiro atoms. The summed E-state index contributed by atoms with van der Waals surface area (Å²) in [4.78, 5) is 23.1. The second-order valence-corrected chi connectivity index (χ2v) is 5.00. The van der Waals surface area contributed by atoms with E-state index in [0.29, 0.717) is 11.3 Å². The molecule has 6 heteroatoms. The SMILES string of the molecule is CC(C)NC(=O)CNC(=O)c1ccc(Br)c(N)c1. The normalized spacial score (nSPS) is 10.2. The maximum atomic E-state index is 11.7. The van der Waals surface area contributed by atoms with Crippen molar-refractivity contribution >= 4 is 33.4 Å². The minimum atomic E-state index is -0.326. The van der Waals surface area contributed by atoms with Gasteiger partial charge in [-0.3, -0.25) is 9.59 Å². The zero-order valence-electron chi connectivity index (χ0n) is 10.3. The number of nitrogens with two attached hydrogens (primary N) is 1. The van der Waals surface area contributed by atoms with Crippen LogP contribution in [-0.4, -0.2) is 24.4 Å². The van der Waals surface area contributed by atoms with Crippen molar-refractivity contribution in [2.45, 2.75) is 19.9 Å². The number of hydrogen-bond acceptors (Lipinski definition) is 3. The molecule has 0 atom stereocenters. The van der Waals surface area contributed by atoms with Gasteiger partial charge in [-0.2, -0.15) is 0 Å². The number of benzene rings is 1. The predicted molar refractivity (Wildman–Crippen MR) is 74.2 cm³/mol. The van der Waals surface area contributed by atoms with Gasteiger partial charge in [0.2, 0.25) is 5.91 Å². The van der Waals surface area contributed by atoms with E-state index in [1.807, 2.05) is 13.8 Å². The summed E-state index contributed by atoms with van der Waals surface area (Å²) in [5.41, 5.74) is 6.58. The molecule has 1 aromatic rings. The Bertz CT molecular complexity index is 461. The van der Waals surface area contributed by atoms with Gasteiger partial charge in [-0.05, 0) is 48.0 Å². The lowest BCUT2D eigenvalue weighted by Crippen LogP contribution is -2.39. The Morgan fingerprint density at radius 1 is 1.39 bits per heavy atom. The topological polar surface area (TPSA) is 84.2 Å². The molecule has 2 amide bonds. The van der Waals surface area contributed by atoms with Gasteiger partial charge in [0.25, 0.3) is 5.91 Å². The van der Waals surface area contributed by atoms with E-state index >= 15 is 0 Å². The van der Waals surface area contributed by atoms with Crippen LogP contribution in [0.4, 0.5) is 5.69 Å². The lowest BCUT2D eigenvalue weighted by Gasteiger charge is -2.09. The van der Waals surface area contributed by atoms with E-state index in [1.165, 1.54) is 0 Å². The van der Waals surface area contributed by atoms with Gasteiger partial charge in [0.15, 0.2) is 0 Å². The number of rotatable bonds is 4. The van der Waals surface area contributed by atoms with Crippen molar-refractivity contribution in [2.75, 3.05) is 12.3 Å². The number of nitrogens with one attached hydrogen (secondary N) is 2. The second kappa shape index (κ2) is 6.39. The summed E-state index contributed by atoms with van der Waals surface area (Å²) in [6, 6.07) is 4.94. The average Bonchev–Trinajstić information content (AvgIpc) is 2.28. The molecule has 4 N–H and O–H groups in total. The van der Waals surface area contributed by atoms with Crippen LogP contribution in [0.5, 0.6) is 0 Å². The van der Waals surface area contributed by atoms with Crippen LogP contribution < -0.4 is 16.4 Å². The van der Waals surface area contributed by atoms with Gasteiger partial charge in [-0.15, -0.1) is 0 Å². The molecule has 0 fully saturated rings. The molecule has 1 aromatic carbocycles. The lowest BCUT2D eigenvalue weighted by molar-refractivity contribution is -0.120. The van der Waals surface area contributed by atoms with Crippen LogP contribution in [0.15, 0.2) is 22.7 Å². The Hall–Kier alpha value is -1.56. The summed E-state index contributed by atoms with van der Waals surface area (Å²) in [5.74, 6) is -0.545. The van der Waals surface area contributed by atoms with Gasteiger partial charge in [-0.25, -0.2) is 0 Å². The van der Waals surface area contributed by atoms with E-state index in [-0.39, 0.29) is 24.4 Å². The molecule has 0 heterocycles. The minimum absolute atomic E-state index is 0.0486. The molecule has 5 nitrogen and oxygen atoms in total. The highest BCUT2D eigenvalue weighted by atomic mass is 79.9. The van der Waals surface area contributed by atoms with E-state index in [4.69, 9.17) is 5.73 Å². The van der Waals surface area contributed by atoms with Gasteiger partial charge in [0.1, 0.15) is 0 Å². The molecule has 0 saturated heterocycles. The fraction of sp³-hybridized carbons (Fsp3) is 0.333. The first-order chi connectivity index (χ1) is 8.40. The van der Waals surface area contributed by atoms with E-state index < -0.39 is 0 Å².